The van der Waals surface area contributed by atoms with Crippen molar-refractivity contribution in [3.63, 3.8) is 0 Å². The van der Waals surface area contributed by atoms with Crippen LogP contribution in [0.4, 0.5) is 0 Å². The average molecular weight is 423 g/mol. The summed E-state index contributed by atoms with van der Waals surface area (Å²) in [5.41, 5.74) is 8.69. The van der Waals surface area contributed by atoms with Gasteiger partial charge in [0.2, 0.25) is 0 Å². The molecule has 4 heterocycles. The van der Waals surface area contributed by atoms with Crippen LogP contribution in [0, 0.1) is 0 Å². The van der Waals surface area contributed by atoms with Crippen LogP contribution in [0.3, 0.4) is 0 Å². The molecule has 2 aromatic carbocycles. The molecule has 0 spiro atoms. The molecule has 0 aliphatic carbocycles. The van der Waals surface area contributed by atoms with Crippen LogP contribution in [0.15, 0.2) is 77.5 Å². The number of phenols is 1. The number of thiophene rings is 1. The number of rotatable bonds is 3. The van der Waals surface area contributed by atoms with Gasteiger partial charge in [-0.3, -0.25) is 4.68 Å². The fourth-order valence-electron chi connectivity index (χ4n) is 4.10. The van der Waals surface area contributed by atoms with Crippen molar-refractivity contribution in [2.24, 2.45) is 7.05 Å². The van der Waals surface area contributed by atoms with Crippen molar-refractivity contribution in [2.45, 2.75) is 0 Å². The summed E-state index contributed by atoms with van der Waals surface area (Å²) in [5.74, 6) is 0.224. The normalized spacial score (nSPS) is 11.5. The lowest BCUT2D eigenvalue weighted by molar-refractivity contribution is 0.475. The van der Waals surface area contributed by atoms with E-state index in [1.807, 2.05) is 36.0 Å². The van der Waals surface area contributed by atoms with Crippen LogP contribution in [0.2, 0.25) is 0 Å². The molecule has 0 aliphatic heterocycles. The summed E-state index contributed by atoms with van der Waals surface area (Å²) in [5, 5.41) is 20.1. The predicted molar refractivity (Wildman–Crippen MR) is 126 cm³/mol. The number of nitrogens with zero attached hydrogens (tertiary/aromatic N) is 3. The zero-order valence-electron chi connectivity index (χ0n) is 16.7. The number of fused-ring (bicyclic) bond motifs is 2. The van der Waals surface area contributed by atoms with Gasteiger partial charge in [0, 0.05) is 23.5 Å². The minimum atomic E-state index is 0.224. The highest BCUT2D eigenvalue weighted by molar-refractivity contribution is 7.08. The van der Waals surface area contributed by atoms with Crippen molar-refractivity contribution in [3.05, 3.63) is 77.5 Å². The number of aromatic nitrogens is 4. The Balaban J connectivity index is 1.55. The molecular formula is C25H18N4OS. The van der Waals surface area contributed by atoms with E-state index in [1.54, 1.807) is 23.5 Å². The van der Waals surface area contributed by atoms with Gasteiger partial charge >= 0.3 is 0 Å². The molecule has 31 heavy (non-hydrogen) atoms. The monoisotopic (exact) mass is 422 g/mol. The first-order valence-corrected chi connectivity index (χ1v) is 10.9. The van der Waals surface area contributed by atoms with Gasteiger partial charge in [-0.15, -0.1) is 0 Å². The molecule has 0 saturated carbocycles. The Kier molecular flexibility index (Phi) is 3.94. The van der Waals surface area contributed by atoms with E-state index in [0.717, 1.165) is 39.2 Å². The fraction of sp³-hybridized carbons (Fsp3) is 0.0400. The summed E-state index contributed by atoms with van der Waals surface area (Å²) in [6.45, 7) is 0. The Morgan fingerprint density at radius 3 is 2.71 bits per heavy atom. The molecule has 6 heteroatoms. The van der Waals surface area contributed by atoms with Crippen LogP contribution in [-0.4, -0.2) is 24.9 Å². The molecule has 0 bridgehead atoms. The number of hydrogen-bond acceptors (Lipinski definition) is 4. The molecule has 0 radical (unpaired) electrons. The maximum absolute atomic E-state index is 9.86. The van der Waals surface area contributed by atoms with Crippen molar-refractivity contribution in [2.75, 3.05) is 0 Å². The van der Waals surface area contributed by atoms with E-state index < -0.39 is 0 Å². The molecule has 0 saturated heterocycles. The molecule has 6 rings (SSSR count). The largest absolute Gasteiger partial charge is 0.508 e. The second kappa shape index (κ2) is 6.82. The van der Waals surface area contributed by atoms with Gasteiger partial charge in [0.25, 0.3) is 0 Å². The highest BCUT2D eigenvalue weighted by Gasteiger charge is 2.17. The SMILES string of the molecule is Cn1nc(-c2cc3c(-c4ccsc4)cccc3[nH]2)c2nc(-c3cccc(O)c3)ccc21. The van der Waals surface area contributed by atoms with Crippen LogP contribution in [-0.2, 0) is 7.05 Å². The summed E-state index contributed by atoms with van der Waals surface area (Å²) in [7, 11) is 1.93. The summed E-state index contributed by atoms with van der Waals surface area (Å²) < 4.78 is 1.86. The average Bonchev–Trinajstić information content (AvgIpc) is 3.52. The van der Waals surface area contributed by atoms with Crippen molar-refractivity contribution in [1.29, 1.82) is 0 Å². The van der Waals surface area contributed by atoms with Crippen LogP contribution < -0.4 is 0 Å². The topological polar surface area (TPSA) is 66.7 Å². The van der Waals surface area contributed by atoms with E-state index >= 15 is 0 Å². The van der Waals surface area contributed by atoms with E-state index in [9.17, 15) is 5.11 Å². The third-order valence-electron chi connectivity index (χ3n) is 5.59. The molecule has 5 nitrogen and oxygen atoms in total. The molecule has 2 N–H and O–H groups in total. The summed E-state index contributed by atoms with van der Waals surface area (Å²) >= 11 is 1.70. The first-order chi connectivity index (χ1) is 15.2. The second-order valence-corrected chi connectivity index (χ2v) is 8.33. The van der Waals surface area contributed by atoms with Crippen molar-refractivity contribution < 1.29 is 5.11 Å². The Bertz CT molecular complexity index is 1560. The summed E-state index contributed by atoms with van der Waals surface area (Å²) in [4.78, 5) is 8.45. The van der Waals surface area contributed by atoms with E-state index in [0.29, 0.717) is 0 Å². The van der Waals surface area contributed by atoms with Crippen LogP contribution in [0.25, 0.3) is 55.7 Å². The molecule has 0 aliphatic rings. The second-order valence-electron chi connectivity index (χ2n) is 7.55. The van der Waals surface area contributed by atoms with Gasteiger partial charge in [0.1, 0.15) is 17.0 Å². The van der Waals surface area contributed by atoms with Gasteiger partial charge in [-0.05, 0) is 64.4 Å². The van der Waals surface area contributed by atoms with E-state index in [4.69, 9.17) is 10.1 Å². The Hall–Kier alpha value is -3.90. The minimum Gasteiger partial charge on any atom is -0.508 e. The Labute approximate surface area is 182 Å². The molecule has 0 amide bonds. The number of phenolic OH excluding ortho intramolecular Hbond substituents is 1. The maximum Gasteiger partial charge on any atom is 0.135 e. The number of hydrogen-bond donors (Lipinski definition) is 2. The summed E-state index contributed by atoms with van der Waals surface area (Å²) in [6, 6.07) is 21.8. The lowest BCUT2D eigenvalue weighted by Gasteiger charge is -2.02. The number of aromatic hydroxyl groups is 1. The molecule has 4 aromatic heterocycles. The number of pyridine rings is 1. The Morgan fingerprint density at radius 2 is 1.87 bits per heavy atom. The number of H-pyrrole nitrogens is 1. The molecule has 0 unspecified atom stereocenters. The Morgan fingerprint density at radius 1 is 0.968 bits per heavy atom. The summed E-state index contributed by atoms with van der Waals surface area (Å²) in [6.07, 6.45) is 0. The zero-order chi connectivity index (χ0) is 20.9. The number of benzene rings is 2. The van der Waals surface area contributed by atoms with Crippen molar-refractivity contribution in [1.82, 2.24) is 19.7 Å². The van der Waals surface area contributed by atoms with E-state index in [1.165, 1.54) is 16.5 Å². The molecule has 0 atom stereocenters. The highest BCUT2D eigenvalue weighted by Crippen LogP contribution is 2.35. The van der Waals surface area contributed by atoms with Gasteiger partial charge in [0.05, 0.1) is 16.9 Å². The lowest BCUT2D eigenvalue weighted by atomic mass is 10.0. The minimum absolute atomic E-state index is 0.224. The smallest absolute Gasteiger partial charge is 0.135 e. The molecule has 0 fully saturated rings. The van der Waals surface area contributed by atoms with Crippen LogP contribution in [0.5, 0.6) is 5.75 Å². The standard InChI is InChI=1S/C25H18N4OS/c1-29-23-9-8-20(15-4-2-5-17(30)12-15)27-25(23)24(28-29)22-13-19-18(16-10-11-31-14-16)6-3-7-21(19)26-22/h2-14,26,30H,1H3. The van der Waals surface area contributed by atoms with E-state index in [-0.39, 0.29) is 5.75 Å². The fourth-order valence-corrected chi connectivity index (χ4v) is 4.75. The number of aromatic amines is 1. The quantitative estimate of drug-likeness (QED) is 0.356. The third-order valence-corrected chi connectivity index (χ3v) is 6.27. The first-order valence-electron chi connectivity index (χ1n) is 9.95. The molecule has 150 valence electrons. The van der Waals surface area contributed by atoms with Gasteiger partial charge in [0.15, 0.2) is 0 Å². The van der Waals surface area contributed by atoms with Crippen molar-refractivity contribution >= 4 is 33.3 Å². The van der Waals surface area contributed by atoms with Crippen molar-refractivity contribution in [3.8, 4) is 39.5 Å². The highest BCUT2D eigenvalue weighted by atomic mass is 32.1. The van der Waals surface area contributed by atoms with E-state index in [2.05, 4.69) is 46.1 Å². The number of aryl methyl sites for hydroxylation is 1. The zero-order valence-corrected chi connectivity index (χ0v) is 17.5. The third kappa shape index (κ3) is 2.92. The van der Waals surface area contributed by atoms with Crippen LogP contribution in [0.1, 0.15) is 0 Å². The lowest BCUT2D eigenvalue weighted by Crippen LogP contribution is -1.90. The van der Waals surface area contributed by atoms with Gasteiger partial charge < -0.3 is 10.1 Å². The molecule has 6 aromatic rings. The first kappa shape index (κ1) is 17.9. The van der Waals surface area contributed by atoms with Gasteiger partial charge in [-0.2, -0.15) is 16.4 Å². The molecular weight excluding hydrogens is 404 g/mol. The van der Waals surface area contributed by atoms with Crippen LogP contribution >= 0.6 is 11.3 Å². The van der Waals surface area contributed by atoms with Gasteiger partial charge in [-0.1, -0.05) is 24.3 Å². The number of nitrogens with one attached hydrogen (secondary N) is 1. The predicted octanol–water partition coefficient (Wildman–Crippen LogP) is 6.22. The van der Waals surface area contributed by atoms with Gasteiger partial charge in [-0.25, -0.2) is 4.98 Å². The maximum atomic E-state index is 9.86.